The van der Waals surface area contributed by atoms with E-state index in [0.29, 0.717) is 18.0 Å². The van der Waals surface area contributed by atoms with Gasteiger partial charge in [-0.25, -0.2) is 4.39 Å². The molecule has 0 radical (unpaired) electrons. The number of hydrogen-bond donors (Lipinski definition) is 1. The van der Waals surface area contributed by atoms with Gasteiger partial charge in [-0.05, 0) is 31.4 Å². The summed E-state index contributed by atoms with van der Waals surface area (Å²) in [6, 6.07) is 2.87. The Hall–Kier alpha value is -0.960. The molecule has 0 aromatic carbocycles. The van der Waals surface area contributed by atoms with Gasteiger partial charge in [0, 0.05) is 0 Å². The first-order valence-corrected chi connectivity index (χ1v) is 5.30. The third-order valence-electron chi connectivity index (χ3n) is 2.72. The summed E-state index contributed by atoms with van der Waals surface area (Å²) < 4.78 is 12.7. The van der Waals surface area contributed by atoms with Crippen molar-refractivity contribution in [3.63, 3.8) is 0 Å². The van der Waals surface area contributed by atoms with Gasteiger partial charge in [-0.2, -0.15) is 0 Å². The minimum Gasteiger partial charge on any atom is -0.384 e. The van der Waals surface area contributed by atoms with Crippen LogP contribution in [0.5, 0.6) is 0 Å². The van der Waals surface area contributed by atoms with Gasteiger partial charge in [-0.15, -0.1) is 0 Å². The van der Waals surface area contributed by atoms with Crippen molar-refractivity contribution >= 4 is 0 Å². The fourth-order valence-corrected chi connectivity index (χ4v) is 1.62. The number of aliphatic hydroxyl groups is 1. The first kappa shape index (κ1) is 12.1. The van der Waals surface area contributed by atoms with Crippen LogP contribution in [-0.4, -0.2) is 10.1 Å². The fraction of sp³-hybridized carbons (Fsp3) is 0.583. The molecule has 0 aliphatic carbocycles. The average Bonchev–Trinajstić information content (AvgIpc) is 2.17. The van der Waals surface area contributed by atoms with Crippen LogP contribution >= 0.6 is 0 Å². The van der Waals surface area contributed by atoms with Crippen molar-refractivity contribution < 1.29 is 9.50 Å². The van der Waals surface area contributed by atoms with Gasteiger partial charge in [0.05, 0.1) is 11.9 Å². The first-order valence-electron chi connectivity index (χ1n) is 5.30. The molecular formula is C12H18FNO. The molecule has 3 heteroatoms. The Balaban J connectivity index is 2.80. The van der Waals surface area contributed by atoms with Gasteiger partial charge in [0.15, 0.2) is 0 Å². The predicted molar refractivity (Wildman–Crippen MR) is 57.8 cm³/mol. The van der Waals surface area contributed by atoms with Crippen molar-refractivity contribution in [1.29, 1.82) is 0 Å². The summed E-state index contributed by atoms with van der Waals surface area (Å²) in [7, 11) is 0. The number of hydrogen-bond acceptors (Lipinski definition) is 2. The Morgan fingerprint density at radius 1 is 1.53 bits per heavy atom. The number of pyridine rings is 1. The molecule has 2 atom stereocenters. The maximum Gasteiger partial charge on any atom is 0.141 e. The van der Waals surface area contributed by atoms with Gasteiger partial charge in [-0.1, -0.05) is 20.3 Å². The number of aromatic nitrogens is 1. The second kappa shape index (κ2) is 4.71. The normalized spacial score (nSPS) is 17.1. The molecule has 1 aromatic heterocycles. The first-order chi connectivity index (χ1) is 6.95. The van der Waals surface area contributed by atoms with Crippen LogP contribution in [0.15, 0.2) is 18.3 Å². The maximum absolute atomic E-state index is 12.7. The van der Waals surface area contributed by atoms with E-state index in [1.165, 1.54) is 12.1 Å². The SMILES string of the molecule is CCC(C)CC(C)(O)c1ccc(F)cn1. The Morgan fingerprint density at radius 2 is 2.20 bits per heavy atom. The molecule has 0 saturated heterocycles. The van der Waals surface area contributed by atoms with E-state index in [9.17, 15) is 9.50 Å². The van der Waals surface area contributed by atoms with Crippen LogP contribution in [0.25, 0.3) is 0 Å². The van der Waals surface area contributed by atoms with E-state index in [2.05, 4.69) is 18.8 Å². The smallest absolute Gasteiger partial charge is 0.141 e. The molecule has 0 fully saturated rings. The van der Waals surface area contributed by atoms with Gasteiger partial charge < -0.3 is 5.11 Å². The summed E-state index contributed by atoms with van der Waals surface area (Å²) in [6.45, 7) is 5.89. The zero-order valence-electron chi connectivity index (χ0n) is 9.50. The molecule has 1 rings (SSSR count). The van der Waals surface area contributed by atoms with Crippen LogP contribution in [0.1, 0.15) is 39.3 Å². The van der Waals surface area contributed by atoms with Crippen molar-refractivity contribution in [3.05, 3.63) is 29.8 Å². The molecule has 0 bridgehead atoms. The number of nitrogens with zero attached hydrogens (tertiary/aromatic N) is 1. The minimum absolute atomic E-state index is 0.377. The van der Waals surface area contributed by atoms with Crippen molar-refractivity contribution in [1.82, 2.24) is 4.98 Å². The van der Waals surface area contributed by atoms with Gasteiger partial charge in [-0.3, -0.25) is 4.98 Å². The van der Waals surface area contributed by atoms with Crippen molar-refractivity contribution in [2.24, 2.45) is 5.92 Å². The lowest BCUT2D eigenvalue weighted by Crippen LogP contribution is -2.25. The van der Waals surface area contributed by atoms with Gasteiger partial charge >= 0.3 is 0 Å². The van der Waals surface area contributed by atoms with E-state index in [1.54, 1.807) is 6.92 Å². The van der Waals surface area contributed by atoms with Gasteiger partial charge in [0.25, 0.3) is 0 Å². The van der Waals surface area contributed by atoms with Crippen LogP contribution in [0.3, 0.4) is 0 Å². The molecule has 15 heavy (non-hydrogen) atoms. The van der Waals surface area contributed by atoms with E-state index < -0.39 is 5.60 Å². The highest BCUT2D eigenvalue weighted by Crippen LogP contribution is 2.27. The van der Waals surface area contributed by atoms with Crippen LogP contribution in [0, 0.1) is 11.7 Å². The summed E-state index contributed by atoms with van der Waals surface area (Å²) in [6.07, 6.45) is 2.79. The second-order valence-corrected chi connectivity index (χ2v) is 4.35. The molecular weight excluding hydrogens is 193 g/mol. The lowest BCUT2D eigenvalue weighted by Gasteiger charge is -2.25. The second-order valence-electron chi connectivity index (χ2n) is 4.35. The highest BCUT2D eigenvalue weighted by atomic mass is 19.1. The molecule has 2 unspecified atom stereocenters. The molecule has 0 saturated carbocycles. The summed E-state index contributed by atoms with van der Waals surface area (Å²) in [5.41, 5.74) is -0.437. The number of halogens is 1. The van der Waals surface area contributed by atoms with Gasteiger partial charge in [0.2, 0.25) is 0 Å². The van der Waals surface area contributed by atoms with Crippen LogP contribution < -0.4 is 0 Å². The molecule has 1 N–H and O–H groups in total. The minimum atomic E-state index is -0.969. The van der Waals surface area contributed by atoms with E-state index in [-0.39, 0.29) is 5.82 Å². The fourth-order valence-electron chi connectivity index (χ4n) is 1.62. The Bertz CT molecular complexity index is 308. The molecule has 0 spiro atoms. The number of rotatable bonds is 4. The van der Waals surface area contributed by atoms with Crippen LogP contribution in [-0.2, 0) is 5.60 Å². The van der Waals surface area contributed by atoms with Crippen LogP contribution in [0.4, 0.5) is 4.39 Å². The quantitative estimate of drug-likeness (QED) is 0.830. The lowest BCUT2D eigenvalue weighted by molar-refractivity contribution is 0.0275. The highest BCUT2D eigenvalue weighted by Gasteiger charge is 2.26. The monoisotopic (exact) mass is 211 g/mol. The summed E-state index contributed by atoms with van der Waals surface area (Å²) in [5.74, 6) is 0.0462. The third kappa shape index (κ3) is 3.27. The summed E-state index contributed by atoms with van der Waals surface area (Å²) in [4.78, 5) is 3.91. The molecule has 1 heterocycles. The van der Waals surface area contributed by atoms with E-state index >= 15 is 0 Å². The Labute approximate surface area is 90.2 Å². The lowest BCUT2D eigenvalue weighted by atomic mass is 9.89. The zero-order chi connectivity index (χ0) is 11.5. The van der Waals surface area contributed by atoms with Crippen molar-refractivity contribution in [3.8, 4) is 0 Å². The molecule has 0 aliphatic rings. The standard InChI is InChI=1S/C12H18FNO/c1-4-9(2)7-12(3,15)11-6-5-10(13)8-14-11/h5-6,8-9,15H,4,7H2,1-3H3. The van der Waals surface area contributed by atoms with Crippen LogP contribution in [0.2, 0.25) is 0 Å². The van der Waals surface area contributed by atoms with Crippen molar-refractivity contribution in [2.45, 2.75) is 39.2 Å². The topological polar surface area (TPSA) is 33.1 Å². The van der Waals surface area contributed by atoms with E-state index in [0.717, 1.165) is 12.6 Å². The van der Waals surface area contributed by atoms with E-state index in [4.69, 9.17) is 0 Å². The van der Waals surface area contributed by atoms with Gasteiger partial charge in [0.1, 0.15) is 11.4 Å². The summed E-state index contributed by atoms with van der Waals surface area (Å²) >= 11 is 0. The van der Waals surface area contributed by atoms with Crippen molar-refractivity contribution in [2.75, 3.05) is 0 Å². The Morgan fingerprint density at radius 3 is 2.67 bits per heavy atom. The predicted octanol–water partition coefficient (Wildman–Crippen LogP) is 2.86. The third-order valence-corrected chi connectivity index (χ3v) is 2.72. The molecule has 0 aliphatic heterocycles. The van der Waals surface area contributed by atoms with E-state index in [1.807, 2.05) is 0 Å². The molecule has 84 valence electrons. The zero-order valence-corrected chi connectivity index (χ0v) is 9.50. The largest absolute Gasteiger partial charge is 0.384 e. The molecule has 1 aromatic rings. The average molecular weight is 211 g/mol. The maximum atomic E-state index is 12.7. The molecule has 0 amide bonds. The highest BCUT2D eigenvalue weighted by molar-refractivity contribution is 5.12. The summed E-state index contributed by atoms with van der Waals surface area (Å²) in [5, 5.41) is 10.2. The molecule has 2 nitrogen and oxygen atoms in total. The Kier molecular flexibility index (Phi) is 3.80.